The smallest absolute Gasteiger partial charge is 0.364 e. The van der Waals surface area contributed by atoms with E-state index in [1.807, 2.05) is 0 Å². The van der Waals surface area contributed by atoms with Crippen LogP contribution in [-0.2, 0) is 14.3 Å². The van der Waals surface area contributed by atoms with Gasteiger partial charge in [-0.1, -0.05) is 18.2 Å². The molecule has 4 nitrogen and oxygen atoms in total. The molecule has 17 heavy (non-hydrogen) atoms. The van der Waals surface area contributed by atoms with Crippen molar-refractivity contribution in [1.82, 2.24) is 0 Å². The van der Waals surface area contributed by atoms with Gasteiger partial charge in [0.25, 0.3) is 5.79 Å². The summed E-state index contributed by atoms with van der Waals surface area (Å²) in [5.74, 6) is -2.58. The average Bonchev–Trinajstić information content (AvgIpc) is 2.87. The maximum atomic E-state index is 10.6. The predicted octanol–water partition coefficient (Wildman–Crippen LogP) is 2.53. The summed E-state index contributed by atoms with van der Waals surface area (Å²) in [5, 5.41) is 8.64. The summed E-state index contributed by atoms with van der Waals surface area (Å²) in [7, 11) is 0. The molecule has 0 aromatic rings. The number of fused-ring (bicyclic) bond motifs is 1. The summed E-state index contributed by atoms with van der Waals surface area (Å²) in [4.78, 5) is 10.6. The van der Waals surface area contributed by atoms with Crippen LogP contribution in [0.2, 0.25) is 0 Å². The number of carboxylic acids is 1. The zero-order chi connectivity index (χ0) is 12.9. The number of carbonyl (C=O) groups is 1. The Hall–Kier alpha value is -1.39. The molecule has 1 N–H and O–H groups in total. The van der Waals surface area contributed by atoms with E-state index in [2.05, 4.69) is 24.3 Å². The van der Waals surface area contributed by atoms with E-state index >= 15 is 0 Å². The van der Waals surface area contributed by atoms with Gasteiger partial charge in [-0.2, -0.15) is 0 Å². The van der Waals surface area contributed by atoms with Crippen LogP contribution in [0.4, 0.5) is 0 Å². The van der Waals surface area contributed by atoms with Gasteiger partial charge in [-0.05, 0) is 31.0 Å². The van der Waals surface area contributed by atoms with Gasteiger partial charge in [-0.25, -0.2) is 4.79 Å². The molecule has 0 aromatic carbocycles. The van der Waals surface area contributed by atoms with Gasteiger partial charge in [0.15, 0.2) is 0 Å². The third-order valence-corrected chi connectivity index (χ3v) is 2.34. The van der Waals surface area contributed by atoms with Gasteiger partial charge < -0.3 is 14.6 Å². The highest BCUT2D eigenvalue weighted by molar-refractivity contribution is 5.80. The molecule has 0 saturated carbocycles. The van der Waals surface area contributed by atoms with E-state index in [4.69, 9.17) is 14.6 Å². The molecule has 2 aliphatic carbocycles. The lowest BCUT2D eigenvalue weighted by Crippen LogP contribution is -2.41. The van der Waals surface area contributed by atoms with Crippen LogP contribution in [0.3, 0.4) is 0 Å². The number of benzene rings is 1. The summed E-state index contributed by atoms with van der Waals surface area (Å²) in [6, 6.07) is 8.48. The van der Waals surface area contributed by atoms with Crippen LogP contribution in [0.5, 0.6) is 0 Å². The first kappa shape index (κ1) is 13.7. The molecule has 0 aromatic heterocycles. The first-order valence-corrected chi connectivity index (χ1v) is 5.65. The lowest BCUT2D eigenvalue weighted by Gasteiger charge is -2.23. The molecule has 0 aliphatic heterocycles. The molecule has 0 radical (unpaired) electrons. The summed E-state index contributed by atoms with van der Waals surface area (Å²) in [6.07, 6.45) is 0. The molecule has 0 saturated heterocycles. The van der Waals surface area contributed by atoms with Crippen LogP contribution in [0.25, 0.3) is 11.1 Å². The van der Waals surface area contributed by atoms with E-state index in [-0.39, 0.29) is 0 Å². The molecular formula is C13H18O4. The van der Waals surface area contributed by atoms with E-state index in [1.54, 1.807) is 13.8 Å². The Morgan fingerprint density at radius 1 is 1.24 bits per heavy atom. The van der Waals surface area contributed by atoms with Crippen LogP contribution >= 0.6 is 0 Å². The zero-order valence-corrected chi connectivity index (χ0v) is 10.4. The van der Waals surface area contributed by atoms with Crippen molar-refractivity contribution in [1.29, 1.82) is 0 Å². The van der Waals surface area contributed by atoms with Crippen LogP contribution in [0.1, 0.15) is 20.8 Å². The second-order valence-corrected chi connectivity index (χ2v) is 3.70. The highest BCUT2D eigenvalue weighted by Crippen LogP contribution is 2.32. The fourth-order valence-corrected chi connectivity index (χ4v) is 1.39. The third kappa shape index (κ3) is 3.84. The largest absolute Gasteiger partial charge is 0.477 e. The van der Waals surface area contributed by atoms with Crippen LogP contribution in [0.15, 0.2) is 24.3 Å². The molecule has 4 heteroatoms. The molecule has 0 fully saturated rings. The first-order valence-electron chi connectivity index (χ1n) is 5.65. The molecule has 0 bridgehead atoms. The molecule has 0 unspecified atom stereocenters. The summed E-state index contributed by atoms with van der Waals surface area (Å²) < 4.78 is 9.82. The molecule has 2 aliphatic rings. The quantitative estimate of drug-likeness (QED) is 0.813. The van der Waals surface area contributed by atoms with E-state index in [0.29, 0.717) is 13.2 Å². The summed E-state index contributed by atoms with van der Waals surface area (Å²) >= 11 is 0. The van der Waals surface area contributed by atoms with Gasteiger partial charge in [-0.15, -0.1) is 0 Å². The molecule has 94 valence electrons. The van der Waals surface area contributed by atoms with Gasteiger partial charge in [0.2, 0.25) is 0 Å². The first-order chi connectivity index (χ1) is 8.03. The van der Waals surface area contributed by atoms with Crippen molar-refractivity contribution in [3.05, 3.63) is 24.3 Å². The minimum absolute atomic E-state index is 0.322. The minimum atomic E-state index is -1.48. The lowest BCUT2D eigenvalue weighted by molar-refractivity contribution is -0.233. The van der Waals surface area contributed by atoms with E-state index < -0.39 is 11.8 Å². The molecular weight excluding hydrogens is 220 g/mol. The van der Waals surface area contributed by atoms with Crippen molar-refractivity contribution < 1.29 is 19.4 Å². The minimum Gasteiger partial charge on any atom is -0.477 e. The second-order valence-electron chi connectivity index (χ2n) is 3.70. The van der Waals surface area contributed by atoms with Crippen molar-refractivity contribution in [3.8, 4) is 11.1 Å². The van der Waals surface area contributed by atoms with Crippen LogP contribution in [-0.4, -0.2) is 30.1 Å². The van der Waals surface area contributed by atoms with Crippen molar-refractivity contribution >= 4 is 5.97 Å². The predicted molar refractivity (Wildman–Crippen MR) is 64.7 cm³/mol. The fourth-order valence-electron chi connectivity index (χ4n) is 1.39. The van der Waals surface area contributed by atoms with Gasteiger partial charge in [-0.3, -0.25) is 0 Å². The monoisotopic (exact) mass is 238 g/mol. The van der Waals surface area contributed by atoms with Gasteiger partial charge in [0.1, 0.15) is 0 Å². The van der Waals surface area contributed by atoms with Crippen molar-refractivity contribution in [3.63, 3.8) is 0 Å². The molecule has 0 atom stereocenters. The number of rotatable bonds is 5. The molecule has 0 heterocycles. The zero-order valence-electron chi connectivity index (χ0n) is 10.4. The molecule has 2 rings (SSSR count). The Balaban J connectivity index is 0.000000196. The Morgan fingerprint density at radius 2 is 1.71 bits per heavy atom. The maximum absolute atomic E-state index is 10.6. The normalized spacial score (nSPS) is 11.5. The standard InChI is InChI=1S/C7H14O4.C6H4/c1-4-10-7(3,6(8)9)11-5-2;1-2-5-4-6(5)3-1/h4-5H2,1-3H3,(H,8,9);1-4H. The Kier molecular flexibility index (Phi) is 4.66. The Bertz CT molecular complexity index is 364. The summed E-state index contributed by atoms with van der Waals surface area (Å²) in [5.41, 5.74) is 2.85. The topological polar surface area (TPSA) is 55.8 Å². The van der Waals surface area contributed by atoms with Crippen molar-refractivity contribution in [2.75, 3.05) is 13.2 Å². The molecule has 0 spiro atoms. The Labute approximate surface area is 101 Å². The number of hydrogen-bond acceptors (Lipinski definition) is 3. The van der Waals surface area contributed by atoms with Crippen molar-refractivity contribution in [2.24, 2.45) is 0 Å². The maximum Gasteiger partial charge on any atom is 0.364 e. The number of carboxylic acid groups (broad SMARTS) is 1. The van der Waals surface area contributed by atoms with E-state index in [9.17, 15) is 4.79 Å². The fraction of sp³-hybridized carbons (Fsp3) is 0.462. The SMILES string of the molecule is CCOC(C)(OCC)C(=O)O.c1cc2cc-2c1. The van der Waals surface area contributed by atoms with E-state index in [0.717, 1.165) is 0 Å². The highest BCUT2D eigenvalue weighted by atomic mass is 16.7. The lowest BCUT2D eigenvalue weighted by atomic mass is 10.3. The third-order valence-electron chi connectivity index (χ3n) is 2.34. The van der Waals surface area contributed by atoms with Gasteiger partial charge in [0.05, 0.1) is 0 Å². The van der Waals surface area contributed by atoms with Gasteiger partial charge in [0, 0.05) is 20.1 Å². The van der Waals surface area contributed by atoms with Crippen LogP contribution in [0, 0.1) is 0 Å². The number of aliphatic carboxylic acids is 1. The van der Waals surface area contributed by atoms with Crippen molar-refractivity contribution in [2.45, 2.75) is 26.6 Å². The van der Waals surface area contributed by atoms with Gasteiger partial charge >= 0.3 is 5.97 Å². The summed E-state index contributed by atoms with van der Waals surface area (Å²) in [6.45, 7) is 5.48. The molecule has 0 amide bonds. The number of hydrogen-bond donors (Lipinski definition) is 1. The Morgan fingerprint density at radius 3 is 1.88 bits per heavy atom. The second kappa shape index (κ2) is 5.80. The average molecular weight is 238 g/mol. The van der Waals surface area contributed by atoms with Crippen LogP contribution < -0.4 is 0 Å². The highest BCUT2D eigenvalue weighted by Gasteiger charge is 2.34. The van der Waals surface area contributed by atoms with E-state index in [1.165, 1.54) is 18.1 Å². The number of ether oxygens (including phenoxy) is 2.